The summed E-state index contributed by atoms with van der Waals surface area (Å²) < 4.78 is 8.59. The largest absolute Gasteiger partial charge is 0.379 e. The number of hydrogen-bond acceptors (Lipinski definition) is 4. The van der Waals surface area contributed by atoms with Gasteiger partial charge in [-0.05, 0) is 43.6 Å². The van der Waals surface area contributed by atoms with Gasteiger partial charge >= 0.3 is 0 Å². The monoisotopic (exact) mass is 358 g/mol. The quantitative estimate of drug-likeness (QED) is 0.873. The molecule has 0 aliphatic carbocycles. The van der Waals surface area contributed by atoms with Crippen molar-refractivity contribution in [2.75, 3.05) is 26.3 Å². The SMILES string of the molecule is CCn1nc(C)c(Br)c1CC(N)C(C)(C)N1CCOCC1. The Kier molecular flexibility index (Phi) is 5.46. The topological polar surface area (TPSA) is 56.3 Å². The van der Waals surface area contributed by atoms with Crippen LogP contribution in [0.1, 0.15) is 32.2 Å². The lowest BCUT2D eigenvalue weighted by atomic mass is 9.89. The summed E-state index contributed by atoms with van der Waals surface area (Å²) in [5, 5.41) is 4.56. The van der Waals surface area contributed by atoms with Gasteiger partial charge in [-0.2, -0.15) is 5.10 Å². The molecule has 1 aliphatic heterocycles. The average molecular weight is 359 g/mol. The van der Waals surface area contributed by atoms with Gasteiger partial charge in [0.1, 0.15) is 0 Å². The van der Waals surface area contributed by atoms with Crippen LogP contribution in [-0.4, -0.2) is 52.6 Å². The molecule has 0 spiro atoms. The zero-order valence-corrected chi connectivity index (χ0v) is 15.1. The van der Waals surface area contributed by atoms with Gasteiger partial charge in [0.2, 0.25) is 0 Å². The van der Waals surface area contributed by atoms with Crippen LogP contribution in [0.25, 0.3) is 0 Å². The normalized spacial score (nSPS) is 19.0. The minimum Gasteiger partial charge on any atom is -0.379 e. The summed E-state index contributed by atoms with van der Waals surface area (Å²) in [7, 11) is 0. The van der Waals surface area contributed by atoms with E-state index >= 15 is 0 Å². The Morgan fingerprint density at radius 2 is 2.00 bits per heavy atom. The molecule has 21 heavy (non-hydrogen) atoms. The molecule has 1 aliphatic rings. The number of aryl methyl sites for hydroxylation is 2. The zero-order valence-electron chi connectivity index (χ0n) is 13.5. The molecule has 120 valence electrons. The Hall–Kier alpha value is -0.430. The van der Waals surface area contributed by atoms with Crippen molar-refractivity contribution in [1.82, 2.24) is 14.7 Å². The fourth-order valence-corrected chi connectivity index (χ4v) is 3.34. The van der Waals surface area contributed by atoms with Crippen molar-refractivity contribution < 1.29 is 4.74 Å². The van der Waals surface area contributed by atoms with Crippen molar-refractivity contribution >= 4 is 15.9 Å². The van der Waals surface area contributed by atoms with E-state index in [2.05, 4.69) is 51.4 Å². The number of ether oxygens (including phenoxy) is 1. The van der Waals surface area contributed by atoms with Gasteiger partial charge in [-0.1, -0.05) is 0 Å². The van der Waals surface area contributed by atoms with Gasteiger partial charge in [-0.25, -0.2) is 0 Å². The lowest BCUT2D eigenvalue weighted by Gasteiger charge is -2.44. The van der Waals surface area contributed by atoms with Crippen molar-refractivity contribution in [3.8, 4) is 0 Å². The molecule has 0 amide bonds. The summed E-state index contributed by atoms with van der Waals surface area (Å²) in [6, 6.07) is 0.0494. The van der Waals surface area contributed by atoms with Crippen LogP contribution in [0.5, 0.6) is 0 Å². The summed E-state index contributed by atoms with van der Waals surface area (Å²) in [4.78, 5) is 2.44. The number of nitrogens with two attached hydrogens (primary N) is 1. The first-order chi connectivity index (χ1) is 9.87. The predicted molar refractivity (Wildman–Crippen MR) is 88.5 cm³/mol. The Bertz CT molecular complexity index is 480. The van der Waals surface area contributed by atoms with Gasteiger partial charge < -0.3 is 10.5 Å². The standard InChI is InChI=1S/C15H27BrN4O/c1-5-20-12(14(16)11(2)18-20)10-13(17)15(3,4)19-6-8-21-9-7-19/h13H,5-10,17H2,1-4H3. The molecule has 2 rings (SSSR count). The second-order valence-electron chi connectivity index (χ2n) is 6.23. The molecule has 2 N–H and O–H groups in total. The fourth-order valence-electron chi connectivity index (χ4n) is 2.90. The third-order valence-corrected chi connectivity index (χ3v) is 5.63. The fraction of sp³-hybridized carbons (Fsp3) is 0.800. The molecule has 5 nitrogen and oxygen atoms in total. The molecule has 1 unspecified atom stereocenters. The predicted octanol–water partition coefficient (Wildman–Crippen LogP) is 1.95. The molecule has 1 aromatic heterocycles. The number of rotatable bonds is 5. The summed E-state index contributed by atoms with van der Waals surface area (Å²) in [6.07, 6.45) is 0.819. The van der Waals surface area contributed by atoms with Crippen LogP contribution in [0.15, 0.2) is 4.47 Å². The lowest BCUT2D eigenvalue weighted by molar-refractivity contribution is -0.0188. The zero-order chi connectivity index (χ0) is 15.6. The van der Waals surface area contributed by atoms with Gasteiger partial charge in [0.15, 0.2) is 0 Å². The first-order valence-electron chi connectivity index (χ1n) is 7.68. The first kappa shape index (κ1) is 16.9. The van der Waals surface area contributed by atoms with Gasteiger partial charge in [0.25, 0.3) is 0 Å². The third-order valence-electron chi connectivity index (χ3n) is 4.60. The van der Waals surface area contributed by atoms with Gasteiger partial charge in [-0.15, -0.1) is 0 Å². The van der Waals surface area contributed by atoms with Crippen molar-refractivity contribution in [1.29, 1.82) is 0 Å². The number of aromatic nitrogens is 2. The smallest absolute Gasteiger partial charge is 0.0738 e. The van der Waals surface area contributed by atoms with Crippen molar-refractivity contribution in [2.24, 2.45) is 5.73 Å². The molecule has 1 atom stereocenters. The van der Waals surface area contributed by atoms with Crippen LogP contribution in [0.3, 0.4) is 0 Å². The number of hydrogen-bond donors (Lipinski definition) is 1. The van der Waals surface area contributed by atoms with Gasteiger partial charge in [0, 0.05) is 37.6 Å². The van der Waals surface area contributed by atoms with E-state index in [-0.39, 0.29) is 11.6 Å². The maximum absolute atomic E-state index is 6.57. The summed E-state index contributed by atoms with van der Waals surface area (Å²) in [5.41, 5.74) is 8.74. The number of morpholine rings is 1. The highest BCUT2D eigenvalue weighted by Gasteiger charge is 2.35. The highest BCUT2D eigenvalue weighted by atomic mass is 79.9. The Morgan fingerprint density at radius 3 is 2.57 bits per heavy atom. The molecule has 1 saturated heterocycles. The van der Waals surface area contributed by atoms with Crippen LogP contribution >= 0.6 is 15.9 Å². The molecule has 0 radical (unpaired) electrons. The highest BCUT2D eigenvalue weighted by Crippen LogP contribution is 2.26. The third kappa shape index (κ3) is 3.50. The average Bonchev–Trinajstić information content (AvgIpc) is 2.75. The van der Waals surface area contributed by atoms with E-state index in [1.807, 2.05) is 6.92 Å². The Balaban J connectivity index is 2.14. The molecular weight excluding hydrogens is 332 g/mol. The summed E-state index contributed by atoms with van der Waals surface area (Å²) >= 11 is 3.66. The second kappa shape index (κ2) is 6.77. The van der Waals surface area contributed by atoms with Crippen molar-refractivity contribution in [3.63, 3.8) is 0 Å². The van der Waals surface area contributed by atoms with Gasteiger partial charge in [-0.3, -0.25) is 9.58 Å². The van der Waals surface area contributed by atoms with Crippen LogP contribution in [-0.2, 0) is 17.7 Å². The van der Waals surface area contributed by atoms with E-state index in [4.69, 9.17) is 10.5 Å². The molecule has 0 bridgehead atoms. The second-order valence-corrected chi connectivity index (χ2v) is 7.02. The summed E-state index contributed by atoms with van der Waals surface area (Å²) in [5.74, 6) is 0. The van der Waals surface area contributed by atoms with E-state index in [1.54, 1.807) is 0 Å². The van der Waals surface area contributed by atoms with E-state index in [9.17, 15) is 0 Å². The molecule has 6 heteroatoms. The van der Waals surface area contributed by atoms with E-state index < -0.39 is 0 Å². The van der Waals surface area contributed by atoms with E-state index in [0.717, 1.165) is 49.4 Å². The highest BCUT2D eigenvalue weighted by molar-refractivity contribution is 9.10. The first-order valence-corrected chi connectivity index (χ1v) is 8.47. The molecule has 1 fully saturated rings. The molecule has 1 aromatic rings. The number of nitrogens with zero attached hydrogens (tertiary/aromatic N) is 3. The van der Waals surface area contributed by atoms with Crippen molar-refractivity contribution in [3.05, 3.63) is 15.9 Å². The Morgan fingerprint density at radius 1 is 1.38 bits per heavy atom. The van der Waals surface area contributed by atoms with E-state index in [1.165, 1.54) is 5.69 Å². The Labute approximate surface area is 135 Å². The van der Waals surface area contributed by atoms with E-state index in [0.29, 0.717) is 0 Å². The minimum atomic E-state index is -0.0556. The van der Waals surface area contributed by atoms with Crippen LogP contribution < -0.4 is 5.73 Å². The van der Waals surface area contributed by atoms with Crippen LogP contribution in [0, 0.1) is 6.92 Å². The molecule has 0 saturated carbocycles. The lowest BCUT2D eigenvalue weighted by Crippen LogP contribution is -2.59. The maximum Gasteiger partial charge on any atom is 0.0738 e. The minimum absolute atomic E-state index is 0.0494. The summed E-state index contributed by atoms with van der Waals surface area (Å²) in [6.45, 7) is 13.0. The number of halogens is 1. The van der Waals surface area contributed by atoms with Crippen molar-refractivity contribution in [2.45, 2.75) is 52.2 Å². The van der Waals surface area contributed by atoms with Gasteiger partial charge in [0.05, 0.1) is 29.1 Å². The molecule has 0 aromatic carbocycles. The van der Waals surface area contributed by atoms with Crippen LogP contribution in [0.4, 0.5) is 0 Å². The van der Waals surface area contributed by atoms with Crippen LogP contribution in [0.2, 0.25) is 0 Å². The molecule has 2 heterocycles. The molecular formula is C15H27BrN4O. The maximum atomic E-state index is 6.57.